The van der Waals surface area contributed by atoms with E-state index in [1.54, 1.807) is 17.4 Å². The Bertz CT molecular complexity index is 820. The Morgan fingerprint density at radius 1 is 1.32 bits per heavy atom. The molecule has 1 aliphatic heterocycles. The number of aromatic hydroxyl groups is 1. The van der Waals surface area contributed by atoms with Crippen LogP contribution in [0.4, 0.5) is 5.69 Å². The number of nitrogens with zero attached hydrogens (tertiary/aromatic N) is 1. The second kappa shape index (κ2) is 9.41. The zero-order chi connectivity index (χ0) is 20.1. The van der Waals surface area contributed by atoms with E-state index in [-0.39, 0.29) is 29.5 Å². The number of benzene rings is 1. The highest BCUT2D eigenvalue weighted by Gasteiger charge is 2.26. The van der Waals surface area contributed by atoms with Crippen molar-refractivity contribution in [3.8, 4) is 5.75 Å². The van der Waals surface area contributed by atoms with E-state index in [1.165, 1.54) is 12.1 Å². The van der Waals surface area contributed by atoms with Gasteiger partial charge in [0.1, 0.15) is 5.75 Å². The van der Waals surface area contributed by atoms with Crippen molar-refractivity contribution in [1.29, 1.82) is 0 Å². The van der Waals surface area contributed by atoms with Crippen LogP contribution in [0.25, 0.3) is 0 Å². The summed E-state index contributed by atoms with van der Waals surface area (Å²) < 4.78 is 0. The van der Waals surface area contributed by atoms with Crippen molar-refractivity contribution >= 4 is 40.4 Å². The molecule has 1 aromatic carbocycles. The van der Waals surface area contributed by atoms with Crippen molar-refractivity contribution in [2.24, 2.45) is 5.92 Å². The van der Waals surface area contributed by atoms with Crippen molar-refractivity contribution in [1.82, 2.24) is 10.2 Å². The minimum atomic E-state index is -0.150. The van der Waals surface area contributed by atoms with Crippen LogP contribution in [0, 0.1) is 5.92 Å². The average molecular weight is 422 g/mol. The minimum Gasteiger partial charge on any atom is -0.506 e. The van der Waals surface area contributed by atoms with Crippen LogP contribution in [0.5, 0.6) is 5.75 Å². The van der Waals surface area contributed by atoms with Gasteiger partial charge in [-0.1, -0.05) is 17.7 Å². The molecule has 6 nitrogen and oxygen atoms in total. The smallest absolute Gasteiger partial charge is 0.234 e. The van der Waals surface area contributed by atoms with Gasteiger partial charge in [0.2, 0.25) is 11.8 Å². The summed E-state index contributed by atoms with van der Waals surface area (Å²) >= 11 is 7.54. The lowest BCUT2D eigenvalue weighted by Gasteiger charge is -2.31. The molecule has 28 heavy (non-hydrogen) atoms. The number of hydrogen-bond acceptors (Lipinski definition) is 5. The standard InChI is InChI=1S/C20H24ClN3O3S/c1-13(18-3-2-10-28-18)22-19(26)12-24-8-6-14(7-9-24)20(27)23-16-11-15(21)4-5-17(16)25/h2-5,10-11,13-14,25H,6-9,12H2,1H3,(H,22,26)(H,23,27). The number of anilines is 1. The van der Waals surface area contributed by atoms with Crippen LogP contribution in [-0.4, -0.2) is 41.5 Å². The van der Waals surface area contributed by atoms with E-state index in [0.29, 0.717) is 43.2 Å². The maximum atomic E-state index is 12.5. The molecular weight excluding hydrogens is 398 g/mol. The number of piperidine rings is 1. The molecule has 1 atom stereocenters. The predicted molar refractivity (Wildman–Crippen MR) is 112 cm³/mol. The first-order valence-corrected chi connectivity index (χ1v) is 10.5. The maximum absolute atomic E-state index is 12.5. The Morgan fingerprint density at radius 3 is 2.75 bits per heavy atom. The maximum Gasteiger partial charge on any atom is 0.234 e. The summed E-state index contributed by atoms with van der Waals surface area (Å²) in [6, 6.07) is 8.54. The molecule has 2 amide bonds. The number of nitrogens with one attached hydrogen (secondary N) is 2. The zero-order valence-electron chi connectivity index (χ0n) is 15.7. The summed E-state index contributed by atoms with van der Waals surface area (Å²) in [5, 5.41) is 18.1. The summed E-state index contributed by atoms with van der Waals surface area (Å²) in [7, 11) is 0. The molecule has 1 fully saturated rings. The van der Waals surface area contributed by atoms with Gasteiger partial charge in [0.05, 0.1) is 18.3 Å². The largest absolute Gasteiger partial charge is 0.506 e. The van der Waals surface area contributed by atoms with E-state index in [0.717, 1.165) is 4.88 Å². The van der Waals surface area contributed by atoms with Crippen molar-refractivity contribution < 1.29 is 14.7 Å². The first kappa shape index (κ1) is 20.6. The third-order valence-corrected chi connectivity index (χ3v) is 6.18. The summed E-state index contributed by atoms with van der Waals surface area (Å²) in [5.74, 6) is -0.296. The molecule has 0 saturated carbocycles. The molecule has 1 unspecified atom stereocenters. The second-order valence-corrected chi connectivity index (χ2v) is 8.42. The molecule has 0 radical (unpaired) electrons. The van der Waals surface area contributed by atoms with Gasteiger partial charge in [-0.15, -0.1) is 11.3 Å². The van der Waals surface area contributed by atoms with E-state index in [4.69, 9.17) is 11.6 Å². The Balaban J connectivity index is 1.44. The fraction of sp³-hybridized carbons (Fsp3) is 0.400. The first-order valence-electron chi connectivity index (χ1n) is 9.27. The van der Waals surface area contributed by atoms with Gasteiger partial charge in [-0.25, -0.2) is 0 Å². The lowest BCUT2D eigenvalue weighted by Crippen LogP contribution is -2.43. The molecule has 1 aromatic heterocycles. The molecule has 0 bridgehead atoms. The van der Waals surface area contributed by atoms with E-state index < -0.39 is 0 Å². The topological polar surface area (TPSA) is 81.7 Å². The lowest BCUT2D eigenvalue weighted by molar-refractivity contribution is -0.123. The van der Waals surface area contributed by atoms with E-state index in [2.05, 4.69) is 15.5 Å². The predicted octanol–water partition coefficient (Wildman–Crippen LogP) is 3.64. The van der Waals surface area contributed by atoms with Gasteiger partial charge in [0, 0.05) is 15.8 Å². The highest BCUT2D eigenvalue weighted by atomic mass is 35.5. The summed E-state index contributed by atoms with van der Waals surface area (Å²) in [6.45, 7) is 3.67. The van der Waals surface area contributed by atoms with Crippen LogP contribution in [-0.2, 0) is 9.59 Å². The molecule has 1 saturated heterocycles. The third kappa shape index (κ3) is 5.47. The fourth-order valence-corrected chi connectivity index (χ4v) is 4.20. The summed E-state index contributed by atoms with van der Waals surface area (Å²) in [6.07, 6.45) is 1.34. The zero-order valence-corrected chi connectivity index (χ0v) is 17.2. The van der Waals surface area contributed by atoms with Crippen LogP contribution >= 0.6 is 22.9 Å². The normalized spacial score (nSPS) is 16.5. The Kier molecular flexibility index (Phi) is 6.93. The first-order chi connectivity index (χ1) is 13.4. The number of amides is 2. The van der Waals surface area contributed by atoms with E-state index in [1.807, 2.05) is 24.4 Å². The van der Waals surface area contributed by atoms with Gasteiger partial charge in [0.25, 0.3) is 0 Å². The van der Waals surface area contributed by atoms with Crippen LogP contribution in [0.15, 0.2) is 35.7 Å². The van der Waals surface area contributed by atoms with Gasteiger partial charge in [-0.3, -0.25) is 14.5 Å². The number of halogens is 1. The lowest BCUT2D eigenvalue weighted by atomic mass is 9.95. The Hall–Kier alpha value is -2.09. The molecule has 1 aliphatic rings. The summed E-state index contributed by atoms with van der Waals surface area (Å²) in [5.41, 5.74) is 0.321. The molecule has 0 spiro atoms. The number of carbonyl (C=O) groups is 2. The number of carbonyl (C=O) groups excluding carboxylic acids is 2. The van der Waals surface area contributed by atoms with Gasteiger partial charge < -0.3 is 15.7 Å². The van der Waals surface area contributed by atoms with Crippen LogP contribution in [0.2, 0.25) is 5.02 Å². The average Bonchev–Trinajstić information content (AvgIpc) is 3.20. The van der Waals surface area contributed by atoms with Crippen LogP contribution in [0.1, 0.15) is 30.7 Å². The molecule has 150 valence electrons. The Labute approximate surface area is 173 Å². The third-order valence-electron chi connectivity index (χ3n) is 4.89. The van der Waals surface area contributed by atoms with Crippen molar-refractivity contribution in [2.45, 2.75) is 25.8 Å². The Morgan fingerprint density at radius 2 is 2.07 bits per heavy atom. The number of likely N-dealkylation sites (tertiary alicyclic amines) is 1. The number of phenolic OH excluding ortho intramolecular Hbond substituents is 1. The molecule has 2 aromatic rings. The molecule has 0 aliphatic carbocycles. The molecule has 8 heteroatoms. The molecule has 3 N–H and O–H groups in total. The van der Waals surface area contributed by atoms with E-state index >= 15 is 0 Å². The number of phenols is 1. The van der Waals surface area contributed by atoms with Gasteiger partial charge in [-0.2, -0.15) is 0 Å². The van der Waals surface area contributed by atoms with Gasteiger partial charge >= 0.3 is 0 Å². The second-order valence-electron chi connectivity index (χ2n) is 7.01. The van der Waals surface area contributed by atoms with Crippen LogP contribution < -0.4 is 10.6 Å². The van der Waals surface area contributed by atoms with Gasteiger partial charge in [-0.05, 0) is 62.5 Å². The molecule has 2 heterocycles. The number of thiophene rings is 1. The van der Waals surface area contributed by atoms with Crippen molar-refractivity contribution in [3.05, 3.63) is 45.6 Å². The van der Waals surface area contributed by atoms with Gasteiger partial charge in [0.15, 0.2) is 0 Å². The highest BCUT2D eigenvalue weighted by molar-refractivity contribution is 7.10. The highest BCUT2D eigenvalue weighted by Crippen LogP contribution is 2.28. The quantitative estimate of drug-likeness (QED) is 0.622. The number of rotatable bonds is 6. The SMILES string of the molecule is CC(NC(=O)CN1CCC(C(=O)Nc2cc(Cl)ccc2O)CC1)c1cccs1. The monoisotopic (exact) mass is 421 g/mol. The fourth-order valence-electron chi connectivity index (χ4n) is 3.30. The minimum absolute atomic E-state index is 0.00110. The van der Waals surface area contributed by atoms with E-state index in [9.17, 15) is 14.7 Å². The van der Waals surface area contributed by atoms with Crippen molar-refractivity contribution in [2.75, 3.05) is 25.0 Å². The number of hydrogen-bond donors (Lipinski definition) is 3. The van der Waals surface area contributed by atoms with Crippen molar-refractivity contribution in [3.63, 3.8) is 0 Å². The summed E-state index contributed by atoms with van der Waals surface area (Å²) in [4.78, 5) is 27.9. The van der Waals surface area contributed by atoms with Crippen LogP contribution in [0.3, 0.4) is 0 Å². The molecule has 3 rings (SSSR count). The molecular formula is C20H24ClN3O3S.